The van der Waals surface area contributed by atoms with Crippen LogP contribution in [0.5, 0.6) is 0 Å². The summed E-state index contributed by atoms with van der Waals surface area (Å²) in [6.45, 7) is 1.20. The van der Waals surface area contributed by atoms with Crippen LogP contribution in [0.2, 0.25) is 0 Å². The Morgan fingerprint density at radius 2 is 1.86 bits per heavy atom. The Morgan fingerprint density at radius 1 is 1.71 bits per heavy atom. The van der Waals surface area contributed by atoms with Gasteiger partial charge >= 0.3 is 29.9 Å². The first-order valence-electron chi connectivity index (χ1n) is 1.55. The second-order valence-corrected chi connectivity index (χ2v) is 1.01. The van der Waals surface area contributed by atoms with Crippen molar-refractivity contribution in [3.8, 4) is 0 Å². The van der Waals surface area contributed by atoms with Crippen molar-refractivity contribution in [1.29, 1.82) is 0 Å². The van der Waals surface area contributed by atoms with Crippen LogP contribution in [0.3, 0.4) is 0 Å². The number of aliphatic hydroxyl groups excluding tert-OH is 1. The first-order valence-corrected chi connectivity index (χ1v) is 1.55. The van der Waals surface area contributed by atoms with E-state index in [1.807, 2.05) is 0 Å². The van der Waals surface area contributed by atoms with Gasteiger partial charge in [0.25, 0.3) is 0 Å². The summed E-state index contributed by atoms with van der Waals surface area (Å²) in [6.07, 6.45) is -1.23. The van der Waals surface area contributed by atoms with Crippen LogP contribution in [-0.4, -0.2) is 46.2 Å². The van der Waals surface area contributed by atoms with Gasteiger partial charge in [0.2, 0.25) is 0 Å². The van der Waals surface area contributed by atoms with Crippen LogP contribution in [0.4, 0.5) is 0 Å². The van der Waals surface area contributed by atoms with Gasteiger partial charge in [-0.2, -0.15) is 0 Å². The predicted molar refractivity (Wildman–Crippen MR) is 27.9 cm³/mol. The molecule has 0 spiro atoms. The van der Waals surface area contributed by atoms with E-state index in [0.717, 1.165) is 0 Å². The zero-order chi connectivity index (χ0) is 5.15. The van der Waals surface area contributed by atoms with Crippen molar-refractivity contribution in [3.05, 3.63) is 0 Å². The van der Waals surface area contributed by atoms with Crippen molar-refractivity contribution in [2.75, 3.05) is 0 Å². The van der Waals surface area contributed by atoms with Crippen LogP contribution < -0.4 is 0 Å². The molecule has 4 heteroatoms. The molecule has 0 fully saturated rings. The van der Waals surface area contributed by atoms with E-state index in [9.17, 15) is 4.79 Å². The summed E-state index contributed by atoms with van der Waals surface area (Å²) in [6, 6.07) is 0. The van der Waals surface area contributed by atoms with Crippen LogP contribution in [0.15, 0.2) is 0 Å². The summed E-state index contributed by atoms with van der Waals surface area (Å²) in [7, 11) is 0. The number of carboxylic acid groups (broad SMARTS) is 1. The van der Waals surface area contributed by atoms with Gasteiger partial charge in [-0.1, -0.05) is 0 Å². The second-order valence-electron chi connectivity index (χ2n) is 1.01. The van der Waals surface area contributed by atoms with Crippen LogP contribution in [-0.2, 0) is 4.79 Å². The molecule has 42 valence electrons. The molecular weight excluding hydrogens is 203 g/mol. The first-order chi connectivity index (χ1) is 2.64. The number of hydrogen-bond acceptors (Lipinski definition) is 2. The van der Waals surface area contributed by atoms with Crippen LogP contribution in [0, 0.1) is 0 Å². The second kappa shape index (κ2) is 4.39. The number of carbonyl (C=O) groups is 1. The Kier molecular flexibility index (Phi) is 6.43. The fourth-order valence-electron chi connectivity index (χ4n) is 0. The minimum absolute atomic E-state index is 0. The molecule has 2 radical (unpaired) electrons. The Balaban J connectivity index is 0. The molecule has 0 saturated carbocycles. The third kappa shape index (κ3) is 6.23. The molecule has 0 rings (SSSR count). The molecule has 0 aliphatic heterocycles. The Labute approximate surface area is 58.3 Å². The molecule has 0 amide bonds. The summed E-state index contributed by atoms with van der Waals surface area (Å²) in [5.74, 6) is -1.19. The van der Waals surface area contributed by atoms with Gasteiger partial charge in [-0.25, -0.2) is 4.79 Å². The molecule has 0 aliphatic rings. The summed E-state index contributed by atoms with van der Waals surface area (Å²) < 4.78 is 0. The van der Waals surface area contributed by atoms with Crippen molar-refractivity contribution in [2.24, 2.45) is 0 Å². The SMILES string of the molecule is CC(O)C(=O)O.[SnH2]. The third-order valence-corrected chi connectivity index (χ3v) is 0.357. The summed E-state index contributed by atoms with van der Waals surface area (Å²) in [4.78, 5) is 9.45. The van der Waals surface area contributed by atoms with E-state index in [1.165, 1.54) is 6.92 Å². The van der Waals surface area contributed by atoms with E-state index in [4.69, 9.17) is 10.2 Å². The molecule has 0 saturated heterocycles. The molecule has 7 heavy (non-hydrogen) atoms. The van der Waals surface area contributed by atoms with Gasteiger partial charge in [0, 0.05) is 0 Å². The topological polar surface area (TPSA) is 57.5 Å². The standard InChI is InChI=1S/C3H6O3.Sn.2H/c1-2(4)3(5)6;;;/h2,4H,1H3,(H,5,6);;;. The molecule has 0 aromatic heterocycles. The normalized spacial score (nSPS) is 11.7. The molecule has 3 nitrogen and oxygen atoms in total. The zero-order valence-corrected chi connectivity index (χ0v) is 8.12. The Morgan fingerprint density at radius 3 is 1.86 bits per heavy atom. The summed E-state index contributed by atoms with van der Waals surface area (Å²) in [5, 5.41) is 15.8. The molecule has 1 unspecified atom stereocenters. The van der Waals surface area contributed by atoms with Gasteiger partial charge < -0.3 is 10.2 Å². The fourth-order valence-corrected chi connectivity index (χ4v) is 0. The van der Waals surface area contributed by atoms with E-state index in [0.29, 0.717) is 0 Å². The Hall–Kier alpha value is 0.229. The average molecular weight is 211 g/mol. The molecular formula is C3H8O3Sn. The van der Waals surface area contributed by atoms with E-state index in [2.05, 4.69) is 0 Å². The molecule has 1 atom stereocenters. The Bertz CT molecular complexity index is 61.2. The third-order valence-electron chi connectivity index (χ3n) is 0.357. The van der Waals surface area contributed by atoms with E-state index in [-0.39, 0.29) is 23.9 Å². The summed E-state index contributed by atoms with van der Waals surface area (Å²) >= 11 is 0. The molecule has 0 bridgehead atoms. The van der Waals surface area contributed by atoms with Crippen molar-refractivity contribution >= 4 is 29.9 Å². The first kappa shape index (κ1) is 10.3. The number of carboxylic acids is 1. The zero-order valence-electron chi connectivity index (χ0n) is 4.09. The van der Waals surface area contributed by atoms with Gasteiger partial charge in [-0.05, 0) is 6.92 Å². The number of rotatable bonds is 1. The quantitative estimate of drug-likeness (QED) is 0.520. The predicted octanol–water partition coefficient (Wildman–Crippen LogP) is -1.46. The van der Waals surface area contributed by atoms with Crippen molar-refractivity contribution in [2.45, 2.75) is 13.0 Å². The van der Waals surface area contributed by atoms with Gasteiger partial charge in [-0.3, -0.25) is 0 Å². The average Bonchev–Trinajstić information content (AvgIpc) is 1.36. The molecule has 0 aromatic carbocycles. The van der Waals surface area contributed by atoms with E-state index in [1.54, 1.807) is 0 Å². The van der Waals surface area contributed by atoms with Crippen LogP contribution >= 0.6 is 0 Å². The monoisotopic (exact) mass is 212 g/mol. The van der Waals surface area contributed by atoms with Crippen LogP contribution in [0.25, 0.3) is 0 Å². The van der Waals surface area contributed by atoms with Crippen molar-refractivity contribution in [1.82, 2.24) is 0 Å². The number of hydrogen-bond donors (Lipinski definition) is 2. The van der Waals surface area contributed by atoms with Gasteiger partial charge in [0.1, 0.15) is 6.10 Å². The van der Waals surface area contributed by atoms with Gasteiger partial charge in [-0.15, -0.1) is 0 Å². The summed E-state index contributed by atoms with van der Waals surface area (Å²) in [5.41, 5.74) is 0. The van der Waals surface area contributed by atoms with Crippen LogP contribution in [0.1, 0.15) is 6.92 Å². The fraction of sp³-hybridized carbons (Fsp3) is 0.667. The number of aliphatic hydroxyl groups is 1. The maximum absolute atomic E-state index is 9.45. The van der Waals surface area contributed by atoms with Crippen molar-refractivity contribution in [3.63, 3.8) is 0 Å². The molecule has 0 aliphatic carbocycles. The van der Waals surface area contributed by atoms with Gasteiger partial charge in [0.05, 0.1) is 0 Å². The molecule has 2 N–H and O–H groups in total. The van der Waals surface area contributed by atoms with Gasteiger partial charge in [0.15, 0.2) is 0 Å². The molecule has 0 aromatic rings. The number of aliphatic carboxylic acids is 1. The molecule has 0 heterocycles. The minimum atomic E-state index is -1.23. The van der Waals surface area contributed by atoms with E-state index < -0.39 is 12.1 Å². The van der Waals surface area contributed by atoms with Crippen molar-refractivity contribution < 1.29 is 15.0 Å². The maximum atomic E-state index is 9.45. The van der Waals surface area contributed by atoms with E-state index >= 15 is 0 Å².